The van der Waals surface area contributed by atoms with Crippen LogP contribution in [0.15, 0.2) is 10.6 Å². The van der Waals surface area contributed by atoms with Crippen molar-refractivity contribution in [2.24, 2.45) is 0 Å². The van der Waals surface area contributed by atoms with E-state index in [2.05, 4.69) is 17.1 Å². The summed E-state index contributed by atoms with van der Waals surface area (Å²) in [6, 6.07) is 2.27. The van der Waals surface area contributed by atoms with Crippen LogP contribution in [-0.4, -0.2) is 36.0 Å². The Morgan fingerprint density at radius 1 is 1.67 bits per heavy atom. The second-order valence-electron chi connectivity index (χ2n) is 4.17. The Labute approximate surface area is 89.2 Å². The fourth-order valence-electron chi connectivity index (χ4n) is 2.11. The van der Waals surface area contributed by atoms with Crippen molar-refractivity contribution in [3.63, 3.8) is 0 Å². The molecule has 82 valence electrons. The number of hydrogen-bond acceptors (Lipinski definition) is 4. The van der Waals surface area contributed by atoms with Crippen LogP contribution >= 0.6 is 0 Å². The molecule has 0 aliphatic carbocycles. The summed E-state index contributed by atoms with van der Waals surface area (Å²) in [4.78, 5) is 12.8. The molecule has 1 aromatic rings. The molecule has 2 heterocycles. The number of carbonyl (C=O) groups is 1. The van der Waals surface area contributed by atoms with Crippen molar-refractivity contribution >= 4 is 6.29 Å². The molecule has 0 bridgehead atoms. The first kappa shape index (κ1) is 10.4. The van der Waals surface area contributed by atoms with Gasteiger partial charge in [0.1, 0.15) is 11.5 Å². The third kappa shape index (κ3) is 2.45. The molecule has 1 aromatic heterocycles. The second kappa shape index (κ2) is 4.57. The van der Waals surface area contributed by atoms with E-state index in [-0.39, 0.29) is 0 Å². The predicted molar refractivity (Wildman–Crippen MR) is 55.9 cm³/mol. The highest BCUT2D eigenvalue weighted by molar-refractivity contribution is 5.71. The highest BCUT2D eigenvalue weighted by Crippen LogP contribution is 2.19. The number of aldehydes is 1. The van der Waals surface area contributed by atoms with Crippen LogP contribution in [0, 0.1) is 0 Å². The fourth-order valence-corrected chi connectivity index (χ4v) is 2.11. The topological polar surface area (TPSA) is 46.3 Å². The van der Waals surface area contributed by atoms with Crippen LogP contribution < -0.4 is 0 Å². The summed E-state index contributed by atoms with van der Waals surface area (Å²) < 4.78 is 5.10. The van der Waals surface area contributed by atoms with Gasteiger partial charge >= 0.3 is 0 Å². The largest absolute Gasteiger partial charge is 0.361 e. The summed E-state index contributed by atoms with van der Waals surface area (Å²) in [6.07, 6.45) is 5.34. The Morgan fingerprint density at radius 2 is 2.53 bits per heavy atom. The summed E-state index contributed by atoms with van der Waals surface area (Å²) in [5.41, 5.74) is 0.392. The smallest absolute Gasteiger partial charge is 0.171 e. The van der Waals surface area contributed by atoms with E-state index in [0.717, 1.165) is 25.0 Å². The lowest BCUT2D eigenvalue weighted by Gasteiger charge is -2.31. The lowest BCUT2D eigenvalue weighted by Crippen LogP contribution is -2.37. The van der Waals surface area contributed by atoms with Gasteiger partial charge in [0.15, 0.2) is 6.29 Å². The molecule has 4 nitrogen and oxygen atoms in total. The van der Waals surface area contributed by atoms with Gasteiger partial charge in [0.25, 0.3) is 0 Å². The molecular weight excluding hydrogens is 192 g/mol. The van der Waals surface area contributed by atoms with Crippen molar-refractivity contribution in [1.82, 2.24) is 10.1 Å². The number of aromatic nitrogens is 1. The number of carbonyl (C=O) groups excluding carboxylic acids is 1. The van der Waals surface area contributed by atoms with Gasteiger partial charge in [-0.15, -0.1) is 0 Å². The summed E-state index contributed by atoms with van der Waals surface area (Å²) in [5, 5.41) is 3.66. The van der Waals surface area contributed by atoms with E-state index in [4.69, 9.17) is 4.52 Å². The molecule has 2 rings (SSSR count). The number of likely N-dealkylation sites (N-methyl/N-ethyl adjacent to an activating group) is 1. The Bertz CT molecular complexity index is 335. The first-order valence-electron chi connectivity index (χ1n) is 5.40. The molecule has 0 aromatic carbocycles. The Morgan fingerprint density at radius 3 is 3.20 bits per heavy atom. The number of likely N-dealkylation sites (tertiary alicyclic amines) is 1. The molecule has 0 N–H and O–H groups in total. The third-order valence-corrected chi connectivity index (χ3v) is 3.06. The van der Waals surface area contributed by atoms with Gasteiger partial charge in [-0.05, 0) is 26.4 Å². The summed E-state index contributed by atoms with van der Waals surface area (Å²) in [5.74, 6) is 0.816. The van der Waals surface area contributed by atoms with Gasteiger partial charge in [-0.1, -0.05) is 11.6 Å². The molecule has 4 heteroatoms. The van der Waals surface area contributed by atoms with Crippen LogP contribution in [0.4, 0.5) is 0 Å². The van der Waals surface area contributed by atoms with E-state index in [9.17, 15) is 4.79 Å². The molecule has 0 amide bonds. The molecule has 1 unspecified atom stereocenters. The van der Waals surface area contributed by atoms with E-state index < -0.39 is 0 Å². The van der Waals surface area contributed by atoms with Crippen molar-refractivity contribution < 1.29 is 9.32 Å². The Kier molecular flexibility index (Phi) is 3.16. The Hall–Kier alpha value is -1.16. The zero-order chi connectivity index (χ0) is 10.7. The monoisotopic (exact) mass is 208 g/mol. The zero-order valence-electron chi connectivity index (χ0n) is 8.98. The highest BCUT2D eigenvalue weighted by Gasteiger charge is 2.20. The lowest BCUT2D eigenvalue weighted by atomic mass is 9.99. The molecule has 15 heavy (non-hydrogen) atoms. The average Bonchev–Trinajstić information content (AvgIpc) is 2.69. The van der Waals surface area contributed by atoms with E-state index in [1.54, 1.807) is 6.07 Å². The van der Waals surface area contributed by atoms with Crippen LogP contribution in [0.3, 0.4) is 0 Å². The molecule has 1 fully saturated rings. The van der Waals surface area contributed by atoms with Crippen LogP contribution in [0.2, 0.25) is 0 Å². The van der Waals surface area contributed by atoms with Crippen LogP contribution in [0.1, 0.15) is 35.5 Å². The lowest BCUT2D eigenvalue weighted by molar-refractivity contribution is 0.111. The minimum atomic E-state index is 0.392. The highest BCUT2D eigenvalue weighted by atomic mass is 16.5. The number of nitrogens with zero attached hydrogens (tertiary/aromatic N) is 2. The van der Waals surface area contributed by atoms with Gasteiger partial charge < -0.3 is 9.42 Å². The maximum absolute atomic E-state index is 10.4. The predicted octanol–water partition coefficient (Wildman–Crippen LogP) is 1.51. The van der Waals surface area contributed by atoms with Gasteiger partial charge in [-0.2, -0.15) is 0 Å². The Balaban J connectivity index is 1.97. The van der Waals surface area contributed by atoms with E-state index in [1.807, 2.05) is 0 Å². The molecule has 1 aliphatic heterocycles. The second-order valence-corrected chi connectivity index (χ2v) is 4.17. The summed E-state index contributed by atoms with van der Waals surface area (Å²) >= 11 is 0. The molecular formula is C11H16N2O2. The van der Waals surface area contributed by atoms with Crippen LogP contribution in [0.5, 0.6) is 0 Å². The average molecular weight is 208 g/mol. The number of rotatable bonds is 3. The number of hydrogen-bond donors (Lipinski definition) is 0. The zero-order valence-corrected chi connectivity index (χ0v) is 8.98. The van der Waals surface area contributed by atoms with Gasteiger partial charge in [0.05, 0.1) is 0 Å². The third-order valence-electron chi connectivity index (χ3n) is 3.06. The maximum Gasteiger partial charge on any atom is 0.171 e. The summed E-state index contributed by atoms with van der Waals surface area (Å²) in [7, 11) is 2.14. The van der Waals surface area contributed by atoms with E-state index >= 15 is 0 Å². The first-order valence-corrected chi connectivity index (χ1v) is 5.40. The van der Waals surface area contributed by atoms with Crippen molar-refractivity contribution in [2.75, 3.05) is 13.6 Å². The molecule has 1 saturated heterocycles. The van der Waals surface area contributed by atoms with Gasteiger partial charge in [-0.25, -0.2) is 0 Å². The normalized spacial score (nSPS) is 22.9. The van der Waals surface area contributed by atoms with Crippen molar-refractivity contribution in [1.29, 1.82) is 0 Å². The summed E-state index contributed by atoms with van der Waals surface area (Å²) in [6.45, 7) is 1.15. The molecule has 1 aliphatic rings. The van der Waals surface area contributed by atoms with E-state index in [0.29, 0.717) is 11.7 Å². The first-order chi connectivity index (χ1) is 7.29. The van der Waals surface area contributed by atoms with Crippen molar-refractivity contribution in [2.45, 2.75) is 31.7 Å². The fraction of sp³-hybridized carbons (Fsp3) is 0.636. The van der Waals surface area contributed by atoms with Gasteiger partial charge in [0.2, 0.25) is 0 Å². The number of piperidine rings is 1. The minimum absolute atomic E-state index is 0.392. The van der Waals surface area contributed by atoms with Crippen LogP contribution in [0.25, 0.3) is 0 Å². The van der Waals surface area contributed by atoms with Crippen molar-refractivity contribution in [3.05, 3.63) is 17.5 Å². The van der Waals surface area contributed by atoms with Crippen molar-refractivity contribution in [3.8, 4) is 0 Å². The van der Waals surface area contributed by atoms with Gasteiger partial charge in [0, 0.05) is 18.5 Å². The minimum Gasteiger partial charge on any atom is -0.361 e. The molecule has 1 atom stereocenters. The molecule has 0 spiro atoms. The maximum atomic E-state index is 10.4. The molecule has 0 saturated carbocycles. The standard InChI is InChI=1S/C11H16N2O2/c1-13-5-3-2-4-10(13)7-11-6-9(8-14)12-15-11/h6,8,10H,2-5,7H2,1H3. The van der Waals surface area contributed by atoms with E-state index in [1.165, 1.54) is 19.3 Å². The van der Waals surface area contributed by atoms with Gasteiger partial charge in [-0.3, -0.25) is 4.79 Å². The quantitative estimate of drug-likeness (QED) is 0.706. The van der Waals surface area contributed by atoms with Crippen LogP contribution in [-0.2, 0) is 6.42 Å². The SMILES string of the molecule is CN1CCCCC1Cc1cc(C=O)no1. The molecule has 0 radical (unpaired) electrons.